The highest BCUT2D eigenvalue weighted by Gasteiger charge is 2.19. The second-order valence-corrected chi connectivity index (χ2v) is 7.41. The van der Waals surface area contributed by atoms with Crippen LogP contribution in [0.15, 0.2) is 35.7 Å². The topological polar surface area (TPSA) is 69.0 Å². The summed E-state index contributed by atoms with van der Waals surface area (Å²) in [5.41, 5.74) is 1.48. The van der Waals surface area contributed by atoms with Gasteiger partial charge in [-0.05, 0) is 37.6 Å². The summed E-state index contributed by atoms with van der Waals surface area (Å²) in [6.45, 7) is 2.27. The van der Waals surface area contributed by atoms with Gasteiger partial charge in [-0.25, -0.2) is 4.98 Å². The molecule has 0 fully saturated rings. The molecule has 3 aromatic rings. The predicted octanol–water partition coefficient (Wildman–Crippen LogP) is 3.86. The van der Waals surface area contributed by atoms with Crippen molar-refractivity contribution in [2.75, 3.05) is 18.9 Å². The van der Waals surface area contributed by atoms with Crippen molar-refractivity contribution in [1.29, 1.82) is 5.26 Å². The van der Waals surface area contributed by atoms with Crippen LogP contribution in [-0.2, 0) is 4.79 Å². The van der Waals surface area contributed by atoms with Gasteiger partial charge in [0.05, 0.1) is 28.4 Å². The lowest BCUT2D eigenvalue weighted by molar-refractivity contribution is -0.117. The highest BCUT2D eigenvalue weighted by atomic mass is 32.1. The molecule has 3 rings (SSSR count). The Balaban J connectivity index is 1.66. The maximum atomic E-state index is 12.2. The first-order chi connectivity index (χ1) is 11.6. The van der Waals surface area contributed by atoms with Crippen LogP contribution in [0.25, 0.3) is 10.2 Å². The molecule has 0 radical (unpaired) electrons. The van der Waals surface area contributed by atoms with Crippen LogP contribution in [0.5, 0.6) is 0 Å². The van der Waals surface area contributed by atoms with E-state index in [0.717, 1.165) is 15.2 Å². The van der Waals surface area contributed by atoms with E-state index in [4.69, 9.17) is 5.26 Å². The largest absolute Gasteiger partial charge is 0.315 e. The smallest absolute Gasteiger partial charge is 0.239 e. The minimum atomic E-state index is -0.135. The number of nitrogens with one attached hydrogen (secondary N) is 1. The number of fused-ring (bicyclic) bond motifs is 1. The van der Waals surface area contributed by atoms with Crippen LogP contribution in [0.3, 0.4) is 0 Å². The van der Waals surface area contributed by atoms with Crippen LogP contribution in [-0.4, -0.2) is 29.4 Å². The summed E-state index contributed by atoms with van der Waals surface area (Å²) in [5, 5.41) is 15.2. The summed E-state index contributed by atoms with van der Waals surface area (Å²) in [7, 11) is 1.90. The van der Waals surface area contributed by atoms with Crippen molar-refractivity contribution in [3.63, 3.8) is 0 Å². The molecule has 1 amide bonds. The lowest BCUT2D eigenvalue weighted by atomic mass is 10.3. The summed E-state index contributed by atoms with van der Waals surface area (Å²) >= 11 is 3.00. The Bertz CT molecular complexity index is 876. The summed E-state index contributed by atoms with van der Waals surface area (Å²) in [6, 6.07) is 11.8. The van der Waals surface area contributed by atoms with Gasteiger partial charge in [-0.15, -0.1) is 22.7 Å². The molecular weight excluding hydrogens is 340 g/mol. The molecule has 1 N–H and O–H groups in total. The third-order valence-corrected chi connectivity index (χ3v) is 5.80. The van der Waals surface area contributed by atoms with Crippen LogP contribution in [0.2, 0.25) is 0 Å². The quantitative estimate of drug-likeness (QED) is 0.754. The van der Waals surface area contributed by atoms with Gasteiger partial charge in [-0.3, -0.25) is 9.69 Å². The molecule has 2 heterocycles. The highest BCUT2D eigenvalue weighted by Crippen LogP contribution is 2.29. The number of hydrogen-bond acceptors (Lipinski definition) is 6. The Kier molecular flexibility index (Phi) is 4.90. The van der Waals surface area contributed by atoms with E-state index in [1.165, 1.54) is 11.3 Å². The normalized spacial score (nSPS) is 12.2. The first-order valence-electron chi connectivity index (χ1n) is 7.41. The number of nitriles is 1. The number of nitrogens with zero attached hydrogens (tertiary/aromatic N) is 3. The fraction of sp³-hybridized carbons (Fsp3) is 0.235. The summed E-state index contributed by atoms with van der Waals surface area (Å²) in [6.07, 6.45) is 0. The number of carbonyl (C=O) groups excluding carboxylic acids is 1. The number of benzene rings is 1. The average molecular weight is 356 g/mol. The Morgan fingerprint density at radius 1 is 1.42 bits per heavy atom. The summed E-state index contributed by atoms with van der Waals surface area (Å²) in [5.74, 6) is -0.135. The maximum absolute atomic E-state index is 12.2. The predicted molar refractivity (Wildman–Crippen MR) is 98.3 cm³/mol. The molecule has 0 saturated heterocycles. The summed E-state index contributed by atoms with van der Waals surface area (Å²) < 4.78 is 1.15. The van der Waals surface area contributed by atoms with Crippen molar-refractivity contribution in [2.24, 2.45) is 0 Å². The molecule has 0 aliphatic heterocycles. The van der Waals surface area contributed by atoms with E-state index in [0.29, 0.717) is 10.6 Å². The molecule has 0 spiro atoms. The first kappa shape index (κ1) is 16.6. The van der Waals surface area contributed by atoms with Crippen LogP contribution in [0.4, 0.5) is 5.00 Å². The van der Waals surface area contributed by atoms with Gasteiger partial charge in [0.15, 0.2) is 0 Å². The Morgan fingerprint density at radius 3 is 2.96 bits per heavy atom. The second kappa shape index (κ2) is 7.09. The standard InChI is InChI=1S/C17H16N4OS2/c1-11(16-19-13-5-3-4-6-14(13)24-16)21(2)10-15(22)20-17-12(9-18)7-8-23-17/h3-8,11H,10H2,1-2H3,(H,20,22). The SMILES string of the molecule is CC(c1nc2ccccc2s1)N(C)CC(=O)Nc1sccc1C#N. The van der Waals surface area contributed by atoms with E-state index in [9.17, 15) is 4.79 Å². The maximum Gasteiger partial charge on any atom is 0.239 e. The molecule has 0 aliphatic carbocycles. The van der Waals surface area contributed by atoms with Crippen LogP contribution in [0, 0.1) is 11.3 Å². The molecule has 5 nitrogen and oxygen atoms in total. The minimum Gasteiger partial charge on any atom is -0.315 e. The van der Waals surface area contributed by atoms with Gasteiger partial charge in [-0.2, -0.15) is 5.26 Å². The molecule has 2 aromatic heterocycles. The third-order valence-electron chi connectivity index (χ3n) is 3.76. The van der Waals surface area contributed by atoms with Crippen LogP contribution in [0.1, 0.15) is 23.5 Å². The average Bonchev–Trinajstić information content (AvgIpc) is 3.19. The molecule has 0 aliphatic rings. The Morgan fingerprint density at radius 2 is 2.21 bits per heavy atom. The number of hydrogen-bond donors (Lipinski definition) is 1. The zero-order chi connectivity index (χ0) is 17.1. The zero-order valence-corrected chi connectivity index (χ0v) is 14.9. The fourth-order valence-corrected chi connectivity index (χ4v) is 4.12. The number of para-hydroxylation sites is 1. The highest BCUT2D eigenvalue weighted by molar-refractivity contribution is 7.18. The molecular formula is C17H16N4OS2. The molecule has 1 atom stereocenters. The van der Waals surface area contributed by atoms with E-state index >= 15 is 0 Å². The Hall–Kier alpha value is -2.27. The van der Waals surface area contributed by atoms with Crippen molar-refractivity contribution in [3.05, 3.63) is 46.3 Å². The minimum absolute atomic E-state index is 0.0342. The molecule has 1 unspecified atom stereocenters. The first-order valence-corrected chi connectivity index (χ1v) is 9.11. The monoisotopic (exact) mass is 356 g/mol. The fourth-order valence-electron chi connectivity index (χ4n) is 2.28. The third kappa shape index (κ3) is 3.46. The molecule has 0 bridgehead atoms. The summed E-state index contributed by atoms with van der Waals surface area (Å²) in [4.78, 5) is 18.8. The second-order valence-electron chi connectivity index (χ2n) is 5.43. The molecule has 24 heavy (non-hydrogen) atoms. The molecule has 1 aromatic carbocycles. The molecule has 0 saturated carbocycles. The van der Waals surface area contributed by atoms with Gasteiger partial charge < -0.3 is 5.32 Å². The van der Waals surface area contributed by atoms with E-state index in [-0.39, 0.29) is 18.5 Å². The van der Waals surface area contributed by atoms with Gasteiger partial charge in [-0.1, -0.05) is 12.1 Å². The number of amides is 1. The molecule has 7 heteroatoms. The lowest BCUT2D eigenvalue weighted by Gasteiger charge is -2.22. The van der Waals surface area contributed by atoms with Gasteiger partial charge in [0.2, 0.25) is 5.91 Å². The van der Waals surface area contributed by atoms with E-state index in [2.05, 4.69) is 22.4 Å². The van der Waals surface area contributed by atoms with Crippen molar-refractivity contribution in [3.8, 4) is 6.07 Å². The van der Waals surface area contributed by atoms with Crippen LogP contribution < -0.4 is 5.32 Å². The van der Waals surface area contributed by atoms with Crippen molar-refractivity contribution in [2.45, 2.75) is 13.0 Å². The number of rotatable bonds is 5. The number of likely N-dealkylation sites (N-methyl/N-ethyl adjacent to an activating group) is 1. The van der Waals surface area contributed by atoms with Crippen molar-refractivity contribution in [1.82, 2.24) is 9.88 Å². The van der Waals surface area contributed by atoms with E-state index in [1.54, 1.807) is 22.8 Å². The van der Waals surface area contributed by atoms with Gasteiger partial charge in [0, 0.05) is 0 Å². The van der Waals surface area contributed by atoms with Crippen molar-refractivity contribution >= 4 is 43.8 Å². The van der Waals surface area contributed by atoms with E-state index < -0.39 is 0 Å². The van der Waals surface area contributed by atoms with Gasteiger partial charge in [0.25, 0.3) is 0 Å². The van der Waals surface area contributed by atoms with Crippen molar-refractivity contribution < 1.29 is 4.79 Å². The lowest BCUT2D eigenvalue weighted by Crippen LogP contribution is -2.32. The van der Waals surface area contributed by atoms with Gasteiger partial charge in [0.1, 0.15) is 16.1 Å². The van der Waals surface area contributed by atoms with Gasteiger partial charge >= 0.3 is 0 Å². The number of anilines is 1. The number of thiophene rings is 1. The van der Waals surface area contributed by atoms with Crippen LogP contribution >= 0.6 is 22.7 Å². The molecule has 122 valence electrons. The Labute approximate surface area is 148 Å². The zero-order valence-electron chi connectivity index (χ0n) is 13.3. The van der Waals surface area contributed by atoms with E-state index in [1.807, 2.05) is 37.1 Å². The number of carbonyl (C=O) groups is 1. The number of aromatic nitrogens is 1. The number of thiazole rings is 1.